The first kappa shape index (κ1) is 12.9. The standard InChI is InChI=1S/C14H14ClNO2S/c1-8-14(19-7-16-8)12(17)6-10-5-11(15)4-9-2-3-18-13(9)10/h4-5,7,12,17H,2-3,6H2,1H3. The Hall–Kier alpha value is -1.10. The highest BCUT2D eigenvalue weighted by atomic mass is 35.5. The summed E-state index contributed by atoms with van der Waals surface area (Å²) in [7, 11) is 0. The molecule has 1 aromatic carbocycles. The van der Waals surface area contributed by atoms with Crippen molar-refractivity contribution in [3.05, 3.63) is 44.4 Å². The molecule has 2 aromatic rings. The van der Waals surface area contributed by atoms with Crippen LogP contribution in [0.5, 0.6) is 5.75 Å². The van der Waals surface area contributed by atoms with E-state index in [0.29, 0.717) is 18.1 Å². The molecular formula is C14H14ClNO2S. The van der Waals surface area contributed by atoms with Gasteiger partial charge in [0, 0.05) is 17.9 Å². The molecule has 0 aliphatic carbocycles. The van der Waals surface area contributed by atoms with Crippen molar-refractivity contribution in [1.29, 1.82) is 0 Å². The van der Waals surface area contributed by atoms with E-state index in [9.17, 15) is 5.11 Å². The summed E-state index contributed by atoms with van der Waals surface area (Å²) in [5, 5.41) is 11.0. The average molecular weight is 296 g/mol. The fourth-order valence-corrected chi connectivity index (χ4v) is 3.48. The predicted molar refractivity (Wildman–Crippen MR) is 76.2 cm³/mol. The van der Waals surface area contributed by atoms with Gasteiger partial charge in [-0.05, 0) is 30.2 Å². The van der Waals surface area contributed by atoms with Crippen LogP contribution in [-0.2, 0) is 12.8 Å². The van der Waals surface area contributed by atoms with Crippen LogP contribution in [0.3, 0.4) is 0 Å². The number of hydrogen-bond donors (Lipinski definition) is 1. The minimum Gasteiger partial charge on any atom is -0.493 e. The molecule has 0 bridgehead atoms. The van der Waals surface area contributed by atoms with Crippen LogP contribution in [-0.4, -0.2) is 16.7 Å². The molecule has 0 radical (unpaired) electrons. The second-order valence-electron chi connectivity index (χ2n) is 4.67. The van der Waals surface area contributed by atoms with E-state index in [-0.39, 0.29) is 0 Å². The van der Waals surface area contributed by atoms with Crippen LogP contribution in [0.1, 0.15) is 27.8 Å². The summed E-state index contributed by atoms with van der Waals surface area (Å²) in [4.78, 5) is 5.08. The van der Waals surface area contributed by atoms with Gasteiger partial charge in [0.2, 0.25) is 0 Å². The summed E-state index contributed by atoms with van der Waals surface area (Å²) in [6, 6.07) is 3.82. The van der Waals surface area contributed by atoms with E-state index in [2.05, 4.69) is 4.98 Å². The Morgan fingerprint density at radius 3 is 3.11 bits per heavy atom. The van der Waals surface area contributed by atoms with E-state index in [0.717, 1.165) is 33.9 Å². The van der Waals surface area contributed by atoms with Crippen LogP contribution >= 0.6 is 22.9 Å². The number of aryl methyl sites for hydroxylation is 1. The zero-order chi connectivity index (χ0) is 13.4. The summed E-state index contributed by atoms with van der Waals surface area (Å²) >= 11 is 7.60. The van der Waals surface area contributed by atoms with Crippen LogP contribution in [0, 0.1) is 6.92 Å². The van der Waals surface area contributed by atoms with E-state index >= 15 is 0 Å². The fraction of sp³-hybridized carbons (Fsp3) is 0.357. The van der Waals surface area contributed by atoms with Gasteiger partial charge < -0.3 is 9.84 Å². The number of thiazole rings is 1. The first-order valence-corrected chi connectivity index (χ1v) is 7.43. The molecule has 5 heteroatoms. The molecular weight excluding hydrogens is 282 g/mol. The Kier molecular flexibility index (Phi) is 3.48. The maximum absolute atomic E-state index is 10.3. The molecule has 0 saturated carbocycles. The highest BCUT2D eigenvalue weighted by Gasteiger charge is 2.21. The maximum atomic E-state index is 10.3. The smallest absolute Gasteiger partial charge is 0.126 e. The molecule has 1 aromatic heterocycles. The van der Waals surface area contributed by atoms with Gasteiger partial charge in [-0.3, -0.25) is 0 Å². The van der Waals surface area contributed by atoms with Crippen molar-refractivity contribution in [1.82, 2.24) is 4.98 Å². The molecule has 1 unspecified atom stereocenters. The molecule has 0 amide bonds. The van der Waals surface area contributed by atoms with Gasteiger partial charge in [0.25, 0.3) is 0 Å². The molecule has 0 fully saturated rings. The molecule has 0 spiro atoms. The molecule has 2 heterocycles. The largest absolute Gasteiger partial charge is 0.493 e. The third kappa shape index (κ3) is 2.48. The van der Waals surface area contributed by atoms with Crippen molar-refractivity contribution in [2.45, 2.75) is 25.9 Å². The van der Waals surface area contributed by atoms with Gasteiger partial charge in [-0.2, -0.15) is 0 Å². The SMILES string of the molecule is Cc1ncsc1C(O)Cc1cc(Cl)cc2c1OCC2. The van der Waals surface area contributed by atoms with Gasteiger partial charge in [-0.1, -0.05) is 11.6 Å². The van der Waals surface area contributed by atoms with Crippen LogP contribution in [0.2, 0.25) is 5.02 Å². The van der Waals surface area contributed by atoms with Crippen LogP contribution in [0.25, 0.3) is 0 Å². The summed E-state index contributed by atoms with van der Waals surface area (Å²) < 4.78 is 5.65. The Morgan fingerprint density at radius 1 is 1.53 bits per heavy atom. The second kappa shape index (κ2) is 5.12. The van der Waals surface area contributed by atoms with E-state index in [1.54, 1.807) is 5.51 Å². The lowest BCUT2D eigenvalue weighted by molar-refractivity contribution is 0.180. The molecule has 3 nitrogen and oxygen atoms in total. The van der Waals surface area contributed by atoms with Crippen molar-refractivity contribution in [2.75, 3.05) is 6.61 Å². The Morgan fingerprint density at radius 2 is 2.37 bits per heavy atom. The summed E-state index contributed by atoms with van der Waals surface area (Å²) in [6.07, 6.45) is 0.837. The Labute approximate surface area is 120 Å². The molecule has 3 rings (SSSR count). The number of hydrogen-bond acceptors (Lipinski definition) is 4. The minimum absolute atomic E-state index is 0.506. The number of rotatable bonds is 3. The number of benzene rings is 1. The first-order valence-electron chi connectivity index (χ1n) is 6.17. The summed E-state index contributed by atoms with van der Waals surface area (Å²) in [5.41, 5.74) is 4.75. The number of nitrogens with zero attached hydrogens (tertiary/aromatic N) is 1. The third-order valence-corrected chi connectivity index (χ3v) is 4.57. The van der Waals surface area contributed by atoms with Crippen molar-refractivity contribution in [3.8, 4) is 5.75 Å². The minimum atomic E-state index is -0.556. The van der Waals surface area contributed by atoms with Crippen LogP contribution in [0.4, 0.5) is 0 Å². The first-order chi connectivity index (χ1) is 9.15. The molecule has 100 valence electrons. The lowest BCUT2D eigenvalue weighted by atomic mass is 10.0. The van der Waals surface area contributed by atoms with Crippen molar-refractivity contribution in [3.63, 3.8) is 0 Å². The monoisotopic (exact) mass is 295 g/mol. The Bertz CT molecular complexity index is 611. The molecule has 19 heavy (non-hydrogen) atoms. The predicted octanol–water partition coefficient (Wildman–Crippen LogP) is 3.32. The molecule has 1 N–H and O–H groups in total. The van der Waals surface area contributed by atoms with Crippen LogP contribution in [0.15, 0.2) is 17.6 Å². The van der Waals surface area contributed by atoms with E-state index < -0.39 is 6.10 Å². The van der Waals surface area contributed by atoms with Gasteiger partial charge in [0.05, 0.1) is 28.8 Å². The third-order valence-electron chi connectivity index (χ3n) is 3.32. The van der Waals surface area contributed by atoms with E-state index in [1.807, 2.05) is 19.1 Å². The number of aliphatic hydroxyl groups excluding tert-OH is 1. The van der Waals surface area contributed by atoms with Gasteiger partial charge >= 0.3 is 0 Å². The zero-order valence-electron chi connectivity index (χ0n) is 10.5. The second-order valence-corrected chi connectivity index (χ2v) is 6.00. The average Bonchev–Trinajstić information content (AvgIpc) is 2.97. The van der Waals surface area contributed by atoms with Gasteiger partial charge in [0.1, 0.15) is 5.75 Å². The normalized spacial score (nSPS) is 15.1. The van der Waals surface area contributed by atoms with Crippen LogP contribution < -0.4 is 4.74 Å². The number of aromatic nitrogens is 1. The van der Waals surface area contributed by atoms with Gasteiger partial charge in [-0.15, -0.1) is 11.3 Å². The van der Waals surface area contributed by atoms with Crippen molar-refractivity contribution >= 4 is 22.9 Å². The molecule has 1 aliphatic heterocycles. The molecule has 0 saturated heterocycles. The summed E-state index contributed by atoms with van der Waals surface area (Å²) in [5.74, 6) is 0.894. The molecule has 1 atom stereocenters. The number of halogens is 1. The number of ether oxygens (including phenoxy) is 1. The number of aliphatic hydroxyl groups is 1. The van der Waals surface area contributed by atoms with Gasteiger partial charge in [0.15, 0.2) is 0 Å². The zero-order valence-corrected chi connectivity index (χ0v) is 12.1. The van der Waals surface area contributed by atoms with E-state index in [1.165, 1.54) is 11.3 Å². The number of fused-ring (bicyclic) bond motifs is 1. The topological polar surface area (TPSA) is 42.4 Å². The lowest BCUT2D eigenvalue weighted by Crippen LogP contribution is -2.03. The summed E-state index contributed by atoms with van der Waals surface area (Å²) in [6.45, 7) is 2.60. The fourth-order valence-electron chi connectivity index (χ4n) is 2.43. The van der Waals surface area contributed by atoms with E-state index in [4.69, 9.17) is 16.3 Å². The quantitative estimate of drug-likeness (QED) is 0.944. The van der Waals surface area contributed by atoms with Gasteiger partial charge in [-0.25, -0.2) is 4.98 Å². The molecule has 1 aliphatic rings. The van der Waals surface area contributed by atoms with Crippen molar-refractivity contribution in [2.24, 2.45) is 0 Å². The highest BCUT2D eigenvalue weighted by Crippen LogP contribution is 2.36. The van der Waals surface area contributed by atoms with Crippen molar-refractivity contribution < 1.29 is 9.84 Å². The lowest BCUT2D eigenvalue weighted by Gasteiger charge is -2.13. The Balaban J connectivity index is 1.90. The maximum Gasteiger partial charge on any atom is 0.126 e. The highest BCUT2D eigenvalue weighted by molar-refractivity contribution is 7.09.